The minimum absolute atomic E-state index is 0.0871. The van der Waals surface area contributed by atoms with Crippen LogP contribution in [0.2, 0.25) is 0 Å². The molecule has 4 nitrogen and oxygen atoms in total. The first kappa shape index (κ1) is 11.9. The monoisotopic (exact) mass is 226 g/mol. The zero-order chi connectivity index (χ0) is 11.8. The number of hydrogen-bond donors (Lipinski definition) is 1. The topological polar surface area (TPSA) is 55.6 Å². The SMILES string of the molecule is CC1CCC(C)N(C(=O)C2(N)CCOC2)C1. The highest BCUT2D eigenvalue weighted by atomic mass is 16.5. The van der Waals surface area contributed by atoms with Crippen LogP contribution in [0.15, 0.2) is 0 Å². The van der Waals surface area contributed by atoms with Gasteiger partial charge in [-0.05, 0) is 32.1 Å². The maximum Gasteiger partial charge on any atom is 0.245 e. The van der Waals surface area contributed by atoms with E-state index < -0.39 is 5.54 Å². The third-order valence-corrected chi connectivity index (χ3v) is 3.86. The summed E-state index contributed by atoms with van der Waals surface area (Å²) in [4.78, 5) is 14.4. The minimum atomic E-state index is -0.759. The average molecular weight is 226 g/mol. The standard InChI is InChI=1S/C12H22N2O2/c1-9-3-4-10(2)14(7-9)11(15)12(13)5-6-16-8-12/h9-10H,3-8,13H2,1-2H3. The number of carbonyl (C=O) groups is 1. The lowest BCUT2D eigenvalue weighted by Gasteiger charge is -2.40. The molecule has 0 aromatic carbocycles. The van der Waals surface area contributed by atoms with Crippen molar-refractivity contribution in [3.8, 4) is 0 Å². The number of ether oxygens (including phenoxy) is 1. The van der Waals surface area contributed by atoms with Crippen LogP contribution in [-0.2, 0) is 9.53 Å². The number of hydrogen-bond acceptors (Lipinski definition) is 3. The van der Waals surface area contributed by atoms with E-state index in [1.807, 2.05) is 4.90 Å². The van der Waals surface area contributed by atoms with E-state index in [2.05, 4.69) is 13.8 Å². The Hall–Kier alpha value is -0.610. The van der Waals surface area contributed by atoms with Crippen LogP contribution in [0, 0.1) is 5.92 Å². The Labute approximate surface area is 97.1 Å². The van der Waals surface area contributed by atoms with Crippen molar-refractivity contribution < 1.29 is 9.53 Å². The zero-order valence-electron chi connectivity index (χ0n) is 10.2. The van der Waals surface area contributed by atoms with E-state index in [-0.39, 0.29) is 5.91 Å². The van der Waals surface area contributed by atoms with E-state index in [1.54, 1.807) is 0 Å². The highest BCUT2D eigenvalue weighted by molar-refractivity contribution is 5.87. The molecule has 2 aliphatic rings. The Bertz CT molecular complexity index is 274. The third kappa shape index (κ3) is 2.09. The largest absolute Gasteiger partial charge is 0.379 e. The predicted octanol–water partition coefficient (Wildman–Crippen LogP) is 0.751. The summed E-state index contributed by atoms with van der Waals surface area (Å²) in [6, 6.07) is 0.324. The van der Waals surface area contributed by atoms with Crippen molar-refractivity contribution in [3.63, 3.8) is 0 Å². The molecule has 1 amide bonds. The maximum absolute atomic E-state index is 12.4. The molecule has 2 rings (SSSR count). The third-order valence-electron chi connectivity index (χ3n) is 3.86. The van der Waals surface area contributed by atoms with Crippen molar-refractivity contribution in [3.05, 3.63) is 0 Å². The van der Waals surface area contributed by atoms with Crippen molar-refractivity contribution >= 4 is 5.91 Å². The molecule has 0 aromatic heterocycles. The number of nitrogens with two attached hydrogens (primary N) is 1. The second kappa shape index (κ2) is 4.34. The first-order valence-corrected chi connectivity index (χ1v) is 6.20. The van der Waals surface area contributed by atoms with E-state index in [0.29, 0.717) is 31.6 Å². The van der Waals surface area contributed by atoms with Gasteiger partial charge in [-0.15, -0.1) is 0 Å². The molecule has 4 heteroatoms. The van der Waals surface area contributed by atoms with E-state index in [4.69, 9.17) is 10.5 Å². The lowest BCUT2D eigenvalue weighted by atomic mass is 9.91. The van der Waals surface area contributed by atoms with Crippen molar-refractivity contribution in [1.29, 1.82) is 0 Å². The van der Waals surface area contributed by atoms with Gasteiger partial charge in [0, 0.05) is 19.2 Å². The molecule has 0 aromatic rings. The minimum Gasteiger partial charge on any atom is -0.379 e. The normalized spacial score (nSPS) is 40.1. The van der Waals surface area contributed by atoms with E-state index in [0.717, 1.165) is 13.0 Å². The molecule has 2 N–H and O–H groups in total. The molecule has 0 spiro atoms. The van der Waals surface area contributed by atoms with Crippen molar-refractivity contribution in [2.75, 3.05) is 19.8 Å². The van der Waals surface area contributed by atoms with Gasteiger partial charge in [0.1, 0.15) is 5.54 Å². The summed E-state index contributed by atoms with van der Waals surface area (Å²) in [6.07, 6.45) is 2.95. The summed E-state index contributed by atoms with van der Waals surface area (Å²) in [7, 11) is 0. The van der Waals surface area contributed by atoms with Crippen LogP contribution in [0.1, 0.15) is 33.1 Å². The van der Waals surface area contributed by atoms with Gasteiger partial charge in [-0.1, -0.05) is 6.92 Å². The second-order valence-corrected chi connectivity index (χ2v) is 5.45. The van der Waals surface area contributed by atoms with Crippen LogP contribution in [0.4, 0.5) is 0 Å². The zero-order valence-corrected chi connectivity index (χ0v) is 10.2. The number of nitrogens with zero attached hydrogens (tertiary/aromatic N) is 1. The van der Waals surface area contributed by atoms with Crippen LogP contribution >= 0.6 is 0 Å². The van der Waals surface area contributed by atoms with Crippen molar-refractivity contribution in [2.45, 2.75) is 44.7 Å². The smallest absolute Gasteiger partial charge is 0.245 e. The van der Waals surface area contributed by atoms with Crippen LogP contribution in [-0.4, -0.2) is 42.1 Å². The Morgan fingerprint density at radius 1 is 1.44 bits per heavy atom. The second-order valence-electron chi connectivity index (χ2n) is 5.45. The Kier molecular flexibility index (Phi) is 3.22. The molecule has 2 saturated heterocycles. The molecule has 0 saturated carbocycles. The molecule has 0 radical (unpaired) electrons. The van der Waals surface area contributed by atoms with Gasteiger partial charge in [0.15, 0.2) is 0 Å². The number of amides is 1. The summed E-state index contributed by atoms with van der Waals surface area (Å²) in [6.45, 7) is 6.14. The highest BCUT2D eigenvalue weighted by Gasteiger charge is 2.43. The fraction of sp³-hybridized carbons (Fsp3) is 0.917. The molecule has 2 heterocycles. The molecular weight excluding hydrogens is 204 g/mol. The summed E-state index contributed by atoms with van der Waals surface area (Å²) in [5.74, 6) is 0.676. The first-order valence-electron chi connectivity index (χ1n) is 6.20. The molecule has 0 aliphatic carbocycles. The quantitative estimate of drug-likeness (QED) is 0.718. The molecule has 3 unspecified atom stereocenters. The number of carbonyl (C=O) groups excluding carboxylic acids is 1. The molecule has 2 aliphatic heterocycles. The summed E-state index contributed by atoms with van der Waals surface area (Å²) in [5.41, 5.74) is 5.37. The van der Waals surface area contributed by atoms with Crippen LogP contribution < -0.4 is 5.73 Å². The van der Waals surface area contributed by atoms with Crippen LogP contribution in [0.3, 0.4) is 0 Å². The van der Waals surface area contributed by atoms with Crippen LogP contribution in [0.25, 0.3) is 0 Å². The number of likely N-dealkylation sites (tertiary alicyclic amines) is 1. The Morgan fingerprint density at radius 2 is 2.19 bits per heavy atom. The molecule has 2 fully saturated rings. The lowest BCUT2D eigenvalue weighted by Crippen LogP contribution is -2.59. The molecule has 16 heavy (non-hydrogen) atoms. The average Bonchev–Trinajstić information content (AvgIpc) is 2.69. The van der Waals surface area contributed by atoms with Gasteiger partial charge < -0.3 is 15.4 Å². The summed E-state index contributed by atoms with van der Waals surface area (Å²) in [5, 5.41) is 0. The van der Waals surface area contributed by atoms with Gasteiger partial charge in [0.25, 0.3) is 0 Å². The maximum atomic E-state index is 12.4. The Balaban J connectivity index is 2.07. The fourth-order valence-corrected chi connectivity index (χ4v) is 2.61. The van der Waals surface area contributed by atoms with E-state index in [9.17, 15) is 4.79 Å². The van der Waals surface area contributed by atoms with Crippen molar-refractivity contribution in [1.82, 2.24) is 4.90 Å². The van der Waals surface area contributed by atoms with Crippen LogP contribution in [0.5, 0.6) is 0 Å². The predicted molar refractivity (Wildman–Crippen MR) is 61.9 cm³/mol. The molecule has 3 atom stereocenters. The number of rotatable bonds is 1. The summed E-state index contributed by atoms with van der Waals surface area (Å²) < 4.78 is 5.26. The molecule has 92 valence electrons. The van der Waals surface area contributed by atoms with Crippen molar-refractivity contribution in [2.24, 2.45) is 11.7 Å². The van der Waals surface area contributed by atoms with Gasteiger partial charge in [-0.25, -0.2) is 0 Å². The van der Waals surface area contributed by atoms with Gasteiger partial charge in [0.2, 0.25) is 5.91 Å². The van der Waals surface area contributed by atoms with Gasteiger partial charge in [0.05, 0.1) is 6.61 Å². The van der Waals surface area contributed by atoms with Gasteiger partial charge in [-0.3, -0.25) is 4.79 Å². The van der Waals surface area contributed by atoms with Gasteiger partial charge in [-0.2, -0.15) is 0 Å². The molecule has 0 bridgehead atoms. The number of piperidine rings is 1. The molecular formula is C12H22N2O2. The van der Waals surface area contributed by atoms with E-state index in [1.165, 1.54) is 6.42 Å². The Morgan fingerprint density at radius 3 is 2.81 bits per heavy atom. The summed E-state index contributed by atoms with van der Waals surface area (Å²) >= 11 is 0. The lowest BCUT2D eigenvalue weighted by molar-refractivity contribution is -0.141. The van der Waals surface area contributed by atoms with Gasteiger partial charge >= 0.3 is 0 Å². The highest BCUT2D eigenvalue weighted by Crippen LogP contribution is 2.26. The first-order chi connectivity index (χ1) is 7.53. The fourth-order valence-electron chi connectivity index (χ4n) is 2.61. The van der Waals surface area contributed by atoms with E-state index >= 15 is 0 Å².